The summed E-state index contributed by atoms with van der Waals surface area (Å²) in [5, 5.41) is 0. The second-order valence-electron chi connectivity index (χ2n) is 3.49. The second kappa shape index (κ2) is 2.85. The van der Waals surface area contributed by atoms with Gasteiger partial charge in [0, 0.05) is 11.4 Å². The normalized spacial score (nSPS) is 15.8. The highest BCUT2D eigenvalue weighted by Crippen LogP contribution is 2.21. The first-order chi connectivity index (χ1) is 5.77. The van der Waals surface area contributed by atoms with Crippen molar-refractivity contribution in [2.24, 2.45) is 0 Å². The maximum Gasteiger partial charge on any atom is 0.125 e. The van der Waals surface area contributed by atoms with E-state index in [0.29, 0.717) is 0 Å². The Hall–Kier alpha value is -0.920. The number of aryl methyl sites for hydroxylation is 3. The summed E-state index contributed by atoms with van der Waals surface area (Å²) in [7, 11) is 0. The van der Waals surface area contributed by atoms with Crippen LogP contribution in [-0.4, -0.2) is 9.97 Å². The molecule has 64 valence electrons. The van der Waals surface area contributed by atoms with Gasteiger partial charge < -0.3 is 0 Å². The molecule has 0 atom stereocenters. The lowest BCUT2D eigenvalue weighted by Crippen LogP contribution is -2.10. The SMILES string of the molecule is Cc1nc(C)c2c(n1)CCCC2. The van der Waals surface area contributed by atoms with Crippen LogP contribution in [0.3, 0.4) is 0 Å². The molecule has 0 aliphatic heterocycles. The van der Waals surface area contributed by atoms with Crippen molar-refractivity contribution >= 4 is 0 Å². The van der Waals surface area contributed by atoms with Gasteiger partial charge in [-0.05, 0) is 45.1 Å². The lowest BCUT2D eigenvalue weighted by Gasteiger charge is -2.16. The molecule has 12 heavy (non-hydrogen) atoms. The van der Waals surface area contributed by atoms with Crippen LogP contribution in [0.4, 0.5) is 0 Å². The highest BCUT2D eigenvalue weighted by atomic mass is 14.9. The van der Waals surface area contributed by atoms with E-state index in [-0.39, 0.29) is 0 Å². The van der Waals surface area contributed by atoms with E-state index in [1.54, 1.807) is 0 Å². The molecule has 0 aromatic carbocycles. The molecule has 1 heterocycles. The Morgan fingerprint density at radius 1 is 1.00 bits per heavy atom. The van der Waals surface area contributed by atoms with Crippen molar-refractivity contribution in [3.63, 3.8) is 0 Å². The minimum atomic E-state index is 0.924. The standard InChI is InChI=1S/C10H14N2/c1-7-9-5-3-4-6-10(9)12-8(2)11-7/h3-6H2,1-2H3. The first kappa shape index (κ1) is 7.71. The molecule has 0 N–H and O–H groups in total. The Bertz CT molecular complexity index is 305. The van der Waals surface area contributed by atoms with Crippen molar-refractivity contribution in [3.05, 3.63) is 22.8 Å². The lowest BCUT2D eigenvalue weighted by atomic mass is 9.95. The predicted octanol–water partition coefficient (Wildman–Crippen LogP) is 1.97. The Morgan fingerprint density at radius 2 is 1.75 bits per heavy atom. The maximum atomic E-state index is 4.46. The Labute approximate surface area is 73.1 Å². The van der Waals surface area contributed by atoms with Gasteiger partial charge in [0.1, 0.15) is 5.82 Å². The largest absolute Gasteiger partial charge is 0.238 e. The number of hydrogen-bond donors (Lipinski definition) is 0. The van der Waals surface area contributed by atoms with Crippen molar-refractivity contribution in [2.75, 3.05) is 0 Å². The zero-order valence-electron chi connectivity index (χ0n) is 7.72. The topological polar surface area (TPSA) is 25.8 Å². The van der Waals surface area contributed by atoms with Crippen LogP contribution in [0.15, 0.2) is 0 Å². The van der Waals surface area contributed by atoms with Gasteiger partial charge in [-0.25, -0.2) is 9.97 Å². The predicted molar refractivity (Wildman–Crippen MR) is 48.1 cm³/mol. The van der Waals surface area contributed by atoms with E-state index in [0.717, 1.165) is 12.2 Å². The number of fused-ring (bicyclic) bond motifs is 1. The molecule has 0 spiro atoms. The monoisotopic (exact) mass is 162 g/mol. The molecule has 2 nitrogen and oxygen atoms in total. The van der Waals surface area contributed by atoms with Crippen LogP contribution in [0.1, 0.15) is 35.6 Å². The molecule has 1 aliphatic carbocycles. The highest BCUT2D eigenvalue weighted by molar-refractivity contribution is 5.27. The maximum absolute atomic E-state index is 4.46. The summed E-state index contributed by atoms with van der Waals surface area (Å²) in [4.78, 5) is 8.84. The molecule has 0 bridgehead atoms. The molecule has 0 saturated carbocycles. The Kier molecular flexibility index (Phi) is 1.83. The van der Waals surface area contributed by atoms with E-state index < -0.39 is 0 Å². The molecule has 0 fully saturated rings. The molecule has 0 unspecified atom stereocenters. The molecular formula is C10H14N2. The van der Waals surface area contributed by atoms with Crippen LogP contribution in [0.25, 0.3) is 0 Å². The lowest BCUT2D eigenvalue weighted by molar-refractivity contribution is 0.652. The first-order valence-corrected chi connectivity index (χ1v) is 4.60. The van der Waals surface area contributed by atoms with Gasteiger partial charge >= 0.3 is 0 Å². The van der Waals surface area contributed by atoms with Crippen LogP contribution in [0.2, 0.25) is 0 Å². The molecule has 0 saturated heterocycles. The van der Waals surface area contributed by atoms with Crippen molar-refractivity contribution in [3.8, 4) is 0 Å². The van der Waals surface area contributed by atoms with E-state index in [2.05, 4.69) is 16.9 Å². The van der Waals surface area contributed by atoms with E-state index in [1.807, 2.05) is 6.92 Å². The van der Waals surface area contributed by atoms with Crippen LogP contribution < -0.4 is 0 Å². The summed E-state index contributed by atoms with van der Waals surface area (Å²) >= 11 is 0. The molecule has 1 aromatic rings. The Morgan fingerprint density at radius 3 is 2.58 bits per heavy atom. The second-order valence-corrected chi connectivity index (χ2v) is 3.49. The summed E-state index contributed by atoms with van der Waals surface area (Å²) in [6, 6.07) is 0. The smallest absolute Gasteiger partial charge is 0.125 e. The van der Waals surface area contributed by atoms with Gasteiger partial charge in [-0.15, -0.1) is 0 Å². The van der Waals surface area contributed by atoms with E-state index in [4.69, 9.17) is 0 Å². The number of nitrogens with zero attached hydrogens (tertiary/aromatic N) is 2. The summed E-state index contributed by atoms with van der Waals surface area (Å²) in [5.74, 6) is 0.924. The molecule has 1 aliphatic rings. The van der Waals surface area contributed by atoms with Gasteiger partial charge in [-0.2, -0.15) is 0 Å². The average Bonchev–Trinajstić information content (AvgIpc) is 2.04. The third-order valence-corrected chi connectivity index (χ3v) is 2.50. The molecular weight excluding hydrogens is 148 g/mol. The fourth-order valence-electron chi connectivity index (χ4n) is 1.93. The molecule has 0 radical (unpaired) electrons. The summed E-state index contributed by atoms with van der Waals surface area (Å²) < 4.78 is 0. The highest BCUT2D eigenvalue weighted by Gasteiger charge is 2.13. The Balaban J connectivity index is 2.53. The van der Waals surface area contributed by atoms with Crippen LogP contribution in [0, 0.1) is 13.8 Å². The van der Waals surface area contributed by atoms with Gasteiger partial charge in [0.25, 0.3) is 0 Å². The van der Waals surface area contributed by atoms with Gasteiger partial charge in [0.05, 0.1) is 0 Å². The summed E-state index contributed by atoms with van der Waals surface area (Å²) in [6.07, 6.45) is 4.93. The summed E-state index contributed by atoms with van der Waals surface area (Å²) in [6.45, 7) is 4.07. The fraction of sp³-hybridized carbons (Fsp3) is 0.600. The van der Waals surface area contributed by atoms with Crippen LogP contribution in [0.5, 0.6) is 0 Å². The van der Waals surface area contributed by atoms with Gasteiger partial charge in [-0.1, -0.05) is 0 Å². The van der Waals surface area contributed by atoms with Crippen molar-refractivity contribution in [1.29, 1.82) is 0 Å². The summed E-state index contributed by atoms with van der Waals surface area (Å²) in [5.41, 5.74) is 3.90. The first-order valence-electron chi connectivity index (χ1n) is 4.60. The van der Waals surface area contributed by atoms with Gasteiger partial charge in [0.15, 0.2) is 0 Å². The van der Waals surface area contributed by atoms with Crippen LogP contribution >= 0.6 is 0 Å². The minimum absolute atomic E-state index is 0.924. The minimum Gasteiger partial charge on any atom is -0.238 e. The zero-order chi connectivity index (χ0) is 8.55. The number of hydrogen-bond acceptors (Lipinski definition) is 2. The quantitative estimate of drug-likeness (QED) is 0.583. The fourth-order valence-corrected chi connectivity index (χ4v) is 1.93. The number of aromatic nitrogens is 2. The van der Waals surface area contributed by atoms with Crippen molar-refractivity contribution < 1.29 is 0 Å². The number of rotatable bonds is 0. The third kappa shape index (κ3) is 1.22. The molecule has 0 amide bonds. The van der Waals surface area contributed by atoms with E-state index in [1.165, 1.54) is 36.2 Å². The zero-order valence-corrected chi connectivity index (χ0v) is 7.72. The van der Waals surface area contributed by atoms with Crippen molar-refractivity contribution in [1.82, 2.24) is 9.97 Å². The third-order valence-electron chi connectivity index (χ3n) is 2.50. The average molecular weight is 162 g/mol. The van der Waals surface area contributed by atoms with E-state index in [9.17, 15) is 0 Å². The van der Waals surface area contributed by atoms with Crippen molar-refractivity contribution in [2.45, 2.75) is 39.5 Å². The van der Waals surface area contributed by atoms with Gasteiger partial charge in [-0.3, -0.25) is 0 Å². The molecule has 2 heteroatoms. The van der Waals surface area contributed by atoms with Crippen LogP contribution in [-0.2, 0) is 12.8 Å². The van der Waals surface area contributed by atoms with E-state index >= 15 is 0 Å². The molecule has 1 aromatic heterocycles. The molecule has 2 rings (SSSR count). The van der Waals surface area contributed by atoms with Gasteiger partial charge in [0.2, 0.25) is 0 Å².